The average Bonchev–Trinajstić information content (AvgIpc) is 2.81. The van der Waals surface area contributed by atoms with Crippen LogP contribution in [0.4, 0.5) is 5.82 Å². The first-order valence-electron chi connectivity index (χ1n) is 6.47. The molecule has 0 radical (unpaired) electrons. The molecule has 0 bridgehead atoms. The maximum absolute atomic E-state index is 11.8. The van der Waals surface area contributed by atoms with Crippen molar-refractivity contribution < 1.29 is 0 Å². The van der Waals surface area contributed by atoms with Gasteiger partial charge in [0.25, 0.3) is 0 Å². The lowest BCUT2D eigenvalue weighted by molar-refractivity contribution is 0.516. The zero-order valence-corrected chi connectivity index (χ0v) is 11.3. The molecule has 0 atom stereocenters. The van der Waals surface area contributed by atoms with Gasteiger partial charge < -0.3 is 4.90 Å². The van der Waals surface area contributed by atoms with Gasteiger partial charge in [-0.1, -0.05) is 0 Å². The zero-order chi connectivity index (χ0) is 13.1. The van der Waals surface area contributed by atoms with Gasteiger partial charge in [-0.3, -0.25) is 4.57 Å². The van der Waals surface area contributed by atoms with E-state index in [0.717, 1.165) is 18.9 Å². The number of likely N-dealkylation sites (tertiary alicyclic amines) is 1. The third-order valence-electron chi connectivity index (χ3n) is 3.21. The van der Waals surface area contributed by atoms with Crippen LogP contribution in [0, 0.1) is 0 Å². The Kier molecular flexibility index (Phi) is 3.79. The van der Waals surface area contributed by atoms with E-state index in [2.05, 4.69) is 14.9 Å². The highest BCUT2D eigenvalue weighted by atomic mass is 16.1. The van der Waals surface area contributed by atoms with Crippen molar-refractivity contribution in [3.8, 4) is 0 Å². The smallest absolute Gasteiger partial charge is 0.349 e. The van der Waals surface area contributed by atoms with Gasteiger partial charge in [-0.2, -0.15) is 4.98 Å². The van der Waals surface area contributed by atoms with Crippen LogP contribution in [0.2, 0.25) is 0 Å². The molecule has 18 heavy (non-hydrogen) atoms. The Morgan fingerprint density at radius 3 is 2.61 bits per heavy atom. The van der Waals surface area contributed by atoms with E-state index in [1.165, 1.54) is 12.8 Å². The topological polar surface area (TPSA) is 50.5 Å². The van der Waals surface area contributed by atoms with Gasteiger partial charge in [0.2, 0.25) is 0 Å². The molecular formula is C13H20N4O. The minimum atomic E-state index is -0.236. The molecule has 1 aliphatic rings. The fourth-order valence-electron chi connectivity index (χ4n) is 2.14. The SMILES string of the molecule is C/C(=N/c1ccn(C(C)C)c(=O)n1)N1CCCC1. The van der Waals surface area contributed by atoms with Gasteiger partial charge in [0, 0.05) is 25.3 Å². The van der Waals surface area contributed by atoms with Crippen molar-refractivity contribution in [2.24, 2.45) is 4.99 Å². The van der Waals surface area contributed by atoms with Gasteiger partial charge in [-0.05, 0) is 39.7 Å². The van der Waals surface area contributed by atoms with E-state index in [1.807, 2.05) is 20.8 Å². The number of hydrogen-bond acceptors (Lipinski definition) is 3. The number of rotatable bonds is 2. The van der Waals surface area contributed by atoms with E-state index in [-0.39, 0.29) is 11.7 Å². The molecule has 0 aromatic carbocycles. The molecule has 1 aliphatic heterocycles. The quantitative estimate of drug-likeness (QED) is 0.594. The summed E-state index contributed by atoms with van der Waals surface area (Å²) in [6, 6.07) is 1.92. The first-order valence-corrected chi connectivity index (χ1v) is 6.47. The fraction of sp³-hybridized carbons (Fsp3) is 0.615. The van der Waals surface area contributed by atoms with Crippen molar-refractivity contribution in [2.75, 3.05) is 13.1 Å². The minimum absolute atomic E-state index is 0.128. The maximum Gasteiger partial charge on any atom is 0.349 e. The second-order valence-corrected chi connectivity index (χ2v) is 4.92. The highest BCUT2D eigenvalue weighted by Gasteiger charge is 2.13. The summed E-state index contributed by atoms with van der Waals surface area (Å²) >= 11 is 0. The van der Waals surface area contributed by atoms with Crippen molar-refractivity contribution in [1.82, 2.24) is 14.5 Å². The first kappa shape index (κ1) is 12.8. The van der Waals surface area contributed by atoms with Crippen molar-refractivity contribution in [3.63, 3.8) is 0 Å². The summed E-state index contributed by atoms with van der Waals surface area (Å²) in [7, 11) is 0. The molecule has 0 spiro atoms. The average molecular weight is 248 g/mol. The molecule has 0 saturated carbocycles. The lowest BCUT2D eigenvalue weighted by Gasteiger charge is -2.16. The number of aliphatic imine (C=N–C) groups is 1. The Balaban J connectivity index is 2.21. The fourth-order valence-corrected chi connectivity index (χ4v) is 2.14. The van der Waals surface area contributed by atoms with Gasteiger partial charge in [0.05, 0.1) is 0 Å². The molecule has 1 aromatic rings. The van der Waals surface area contributed by atoms with Crippen LogP contribution in [-0.4, -0.2) is 33.4 Å². The standard InChI is InChI=1S/C13H20N4O/c1-10(2)17-9-6-12(15-13(17)18)14-11(3)16-7-4-5-8-16/h6,9-10H,4-5,7-8H2,1-3H3/b14-11-. The molecule has 1 saturated heterocycles. The van der Waals surface area contributed by atoms with Crippen molar-refractivity contribution in [3.05, 3.63) is 22.7 Å². The summed E-state index contributed by atoms with van der Waals surface area (Å²) in [5.74, 6) is 1.45. The highest BCUT2D eigenvalue weighted by molar-refractivity contribution is 5.82. The molecule has 5 nitrogen and oxygen atoms in total. The Morgan fingerprint density at radius 2 is 2.06 bits per heavy atom. The molecule has 0 aliphatic carbocycles. The maximum atomic E-state index is 11.8. The summed E-state index contributed by atoms with van der Waals surface area (Å²) in [5.41, 5.74) is -0.236. The Bertz CT molecular complexity index is 498. The number of amidine groups is 1. The van der Waals surface area contributed by atoms with Crippen molar-refractivity contribution >= 4 is 11.7 Å². The normalized spacial score (nSPS) is 16.7. The van der Waals surface area contributed by atoms with Gasteiger partial charge in [-0.15, -0.1) is 0 Å². The summed E-state index contributed by atoms with van der Waals surface area (Å²) < 4.78 is 1.60. The number of aromatic nitrogens is 2. The largest absolute Gasteiger partial charge is 0.360 e. The third kappa shape index (κ3) is 2.78. The molecule has 5 heteroatoms. The molecule has 0 N–H and O–H groups in total. The summed E-state index contributed by atoms with van der Waals surface area (Å²) in [6.45, 7) is 8.00. The van der Waals surface area contributed by atoms with Crippen LogP contribution in [0.15, 0.2) is 22.1 Å². The molecule has 1 aromatic heterocycles. The van der Waals surface area contributed by atoms with E-state index in [4.69, 9.17) is 0 Å². The van der Waals surface area contributed by atoms with Gasteiger partial charge in [0.1, 0.15) is 5.84 Å². The Morgan fingerprint density at radius 1 is 1.39 bits per heavy atom. The van der Waals surface area contributed by atoms with Crippen LogP contribution in [0.25, 0.3) is 0 Å². The van der Waals surface area contributed by atoms with Crippen molar-refractivity contribution in [1.29, 1.82) is 0 Å². The van der Waals surface area contributed by atoms with E-state index < -0.39 is 0 Å². The zero-order valence-electron chi connectivity index (χ0n) is 11.3. The lowest BCUT2D eigenvalue weighted by Crippen LogP contribution is -2.26. The highest BCUT2D eigenvalue weighted by Crippen LogP contribution is 2.12. The summed E-state index contributed by atoms with van der Waals surface area (Å²) in [5, 5.41) is 0. The lowest BCUT2D eigenvalue weighted by atomic mass is 10.4. The van der Waals surface area contributed by atoms with Crippen LogP contribution in [0.3, 0.4) is 0 Å². The number of nitrogens with zero attached hydrogens (tertiary/aromatic N) is 4. The first-order chi connectivity index (χ1) is 8.58. The molecule has 0 unspecified atom stereocenters. The second-order valence-electron chi connectivity index (χ2n) is 4.92. The summed E-state index contributed by atoms with van der Waals surface area (Å²) in [4.78, 5) is 22.4. The van der Waals surface area contributed by atoms with Crippen LogP contribution < -0.4 is 5.69 Å². The van der Waals surface area contributed by atoms with E-state index >= 15 is 0 Å². The van der Waals surface area contributed by atoms with Crippen LogP contribution in [0.5, 0.6) is 0 Å². The third-order valence-corrected chi connectivity index (χ3v) is 3.21. The monoisotopic (exact) mass is 248 g/mol. The predicted molar refractivity (Wildman–Crippen MR) is 72.5 cm³/mol. The summed E-state index contributed by atoms with van der Waals surface area (Å²) in [6.07, 6.45) is 4.20. The van der Waals surface area contributed by atoms with Gasteiger partial charge in [-0.25, -0.2) is 9.79 Å². The predicted octanol–water partition coefficient (Wildman–Crippen LogP) is 1.97. The molecule has 0 amide bonds. The van der Waals surface area contributed by atoms with E-state index in [9.17, 15) is 4.79 Å². The van der Waals surface area contributed by atoms with Crippen molar-refractivity contribution in [2.45, 2.75) is 39.7 Å². The van der Waals surface area contributed by atoms with Crippen LogP contribution >= 0.6 is 0 Å². The molecular weight excluding hydrogens is 228 g/mol. The van der Waals surface area contributed by atoms with Gasteiger partial charge >= 0.3 is 5.69 Å². The molecule has 2 rings (SSSR count). The minimum Gasteiger partial charge on any atom is -0.360 e. The van der Waals surface area contributed by atoms with E-state index in [0.29, 0.717) is 5.82 Å². The number of hydrogen-bond donors (Lipinski definition) is 0. The molecule has 2 heterocycles. The Labute approximate surface area is 107 Å². The van der Waals surface area contributed by atoms with E-state index in [1.54, 1.807) is 16.8 Å². The molecule has 1 fully saturated rings. The van der Waals surface area contributed by atoms with Crippen LogP contribution in [0.1, 0.15) is 39.7 Å². The molecule has 98 valence electrons. The van der Waals surface area contributed by atoms with Gasteiger partial charge in [0.15, 0.2) is 5.82 Å². The Hall–Kier alpha value is -1.65. The second kappa shape index (κ2) is 5.33. The van der Waals surface area contributed by atoms with Crippen LogP contribution in [-0.2, 0) is 0 Å².